The Labute approximate surface area is 235 Å². The van der Waals surface area contributed by atoms with E-state index in [2.05, 4.69) is 0 Å². The summed E-state index contributed by atoms with van der Waals surface area (Å²) in [5, 5.41) is 0. The molecule has 2 aromatic rings. The highest BCUT2D eigenvalue weighted by atomic mass is 19.4. The van der Waals surface area contributed by atoms with Crippen molar-refractivity contribution in [3.05, 3.63) is 47.5 Å². The normalized spacial score (nSPS) is 14.2. The summed E-state index contributed by atoms with van der Waals surface area (Å²) >= 11 is 0. The molecule has 0 spiro atoms. The number of carbonyl (C=O) groups excluding carboxylic acids is 2. The Morgan fingerprint density at radius 3 is 2.29 bits per heavy atom. The van der Waals surface area contributed by atoms with Crippen LogP contribution in [-0.2, 0) is 17.8 Å². The lowest BCUT2D eigenvalue weighted by Gasteiger charge is -2.36. The Kier molecular flexibility index (Phi) is 10.3. The molecular weight excluding hydrogens is 553 g/mol. The van der Waals surface area contributed by atoms with Gasteiger partial charge in [0.2, 0.25) is 5.91 Å². The van der Waals surface area contributed by atoms with Crippen molar-refractivity contribution in [2.24, 2.45) is 0 Å². The predicted molar refractivity (Wildman–Crippen MR) is 142 cm³/mol. The van der Waals surface area contributed by atoms with E-state index >= 15 is 0 Å². The van der Waals surface area contributed by atoms with E-state index < -0.39 is 31.5 Å². The minimum absolute atomic E-state index is 0.0521. The van der Waals surface area contributed by atoms with Crippen molar-refractivity contribution in [2.45, 2.75) is 44.3 Å². The maximum Gasteiger partial charge on any atom is 0.453 e. The Morgan fingerprint density at radius 2 is 1.66 bits per heavy atom. The van der Waals surface area contributed by atoms with Crippen LogP contribution in [0.1, 0.15) is 30.4 Å². The molecule has 0 bridgehead atoms. The van der Waals surface area contributed by atoms with Gasteiger partial charge in [0, 0.05) is 50.9 Å². The molecule has 8 nitrogen and oxygen atoms in total. The molecule has 0 aliphatic carbocycles. The second-order valence-corrected chi connectivity index (χ2v) is 9.81. The number of methoxy groups -OCH3 is 2. The number of carbonyl (C=O) groups is 2. The molecule has 1 aliphatic heterocycles. The molecule has 1 aliphatic rings. The van der Waals surface area contributed by atoms with Crippen LogP contribution in [-0.4, -0.2) is 81.8 Å². The lowest BCUT2D eigenvalue weighted by molar-refractivity contribution is -0.284. The number of nitrogens with zero attached hydrogens (tertiary/aromatic N) is 3. The van der Waals surface area contributed by atoms with E-state index in [1.165, 1.54) is 36.2 Å². The van der Waals surface area contributed by atoms with Crippen molar-refractivity contribution >= 4 is 17.6 Å². The number of halogens is 5. The largest absolute Gasteiger partial charge is 0.496 e. The van der Waals surface area contributed by atoms with Crippen LogP contribution in [0, 0.1) is 0 Å². The number of likely N-dealkylation sites (N-methyl/N-ethyl adjacent to an activating group) is 1. The fraction of sp³-hybridized carbons (Fsp3) is 0.500. The zero-order valence-electron chi connectivity index (χ0n) is 23.4. The first-order valence-corrected chi connectivity index (χ1v) is 12.9. The number of alkyl halides is 5. The van der Waals surface area contributed by atoms with Crippen molar-refractivity contribution in [1.29, 1.82) is 0 Å². The van der Waals surface area contributed by atoms with Gasteiger partial charge in [0.1, 0.15) is 5.75 Å². The number of benzene rings is 2. The van der Waals surface area contributed by atoms with Crippen LogP contribution in [0.25, 0.3) is 0 Å². The van der Waals surface area contributed by atoms with Crippen molar-refractivity contribution in [2.75, 3.05) is 52.9 Å². The maximum atomic E-state index is 13.4. The SMILES string of the molecule is COc1cc(CC(=O)N(C)C)ccc1CN1CCCN(c2ccc(OC)c(OCCCC(F)(F)C(F)(F)F)c2)C1=O. The molecule has 3 amide bonds. The van der Waals surface area contributed by atoms with Gasteiger partial charge < -0.3 is 24.0 Å². The minimum atomic E-state index is -5.62. The van der Waals surface area contributed by atoms with Crippen LogP contribution in [0.5, 0.6) is 17.2 Å². The smallest absolute Gasteiger partial charge is 0.453 e. The fourth-order valence-electron chi connectivity index (χ4n) is 4.30. The number of hydrogen-bond acceptors (Lipinski definition) is 5. The Balaban J connectivity index is 1.71. The van der Waals surface area contributed by atoms with E-state index in [4.69, 9.17) is 14.2 Å². The average Bonchev–Trinajstić information content (AvgIpc) is 2.92. The molecule has 2 aromatic carbocycles. The Hall–Kier alpha value is -3.77. The molecule has 0 unspecified atom stereocenters. The van der Waals surface area contributed by atoms with Crippen LogP contribution < -0.4 is 19.1 Å². The van der Waals surface area contributed by atoms with E-state index in [1.54, 1.807) is 31.1 Å². The number of ether oxygens (including phenoxy) is 3. The zero-order valence-corrected chi connectivity index (χ0v) is 23.4. The molecule has 3 rings (SSSR count). The third-order valence-electron chi connectivity index (χ3n) is 6.64. The molecule has 226 valence electrons. The fourth-order valence-corrected chi connectivity index (χ4v) is 4.30. The first kappa shape index (κ1) is 31.8. The van der Waals surface area contributed by atoms with Gasteiger partial charge in [-0.2, -0.15) is 22.0 Å². The minimum Gasteiger partial charge on any atom is -0.496 e. The molecule has 0 saturated carbocycles. The van der Waals surface area contributed by atoms with Crippen LogP contribution in [0.15, 0.2) is 36.4 Å². The number of anilines is 1. The van der Waals surface area contributed by atoms with E-state index in [1.807, 2.05) is 12.1 Å². The van der Waals surface area contributed by atoms with Gasteiger partial charge in [-0.3, -0.25) is 9.69 Å². The van der Waals surface area contributed by atoms with Gasteiger partial charge >= 0.3 is 18.1 Å². The third-order valence-corrected chi connectivity index (χ3v) is 6.64. The van der Waals surface area contributed by atoms with E-state index in [0.717, 1.165) is 11.1 Å². The number of rotatable bonds is 12. The summed E-state index contributed by atoms with van der Waals surface area (Å²) < 4.78 is 80.0. The van der Waals surface area contributed by atoms with Gasteiger partial charge in [0.15, 0.2) is 11.5 Å². The van der Waals surface area contributed by atoms with Gasteiger partial charge in [-0.05, 0) is 36.6 Å². The van der Waals surface area contributed by atoms with Gasteiger partial charge in [-0.1, -0.05) is 12.1 Å². The number of amides is 3. The molecule has 0 N–H and O–H groups in total. The lowest BCUT2D eigenvalue weighted by atomic mass is 10.1. The standard InChI is InChI=1S/C28H34F5N3O5/c1-34(2)25(37)16-19-7-8-20(23(15-19)40-4)18-35-12-6-13-36(26(35)38)21-9-10-22(39-3)24(17-21)41-14-5-11-27(29,30)28(31,32)33/h7-10,15,17H,5-6,11-14,16,18H2,1-4H3. The zero-order chi connectivity index (χ0) is 30.4. The molecular formula is C28H34F5N3O5. The van der Waals surface area contributed by atoms with Crippen molar-refractivity contribution < 1.29 is 45.8 Å². The van der Waals surface area contributed by atoms with E-state index in [-0.39, 0.29) is 36.4 Å². The summed E-state index contributed by atoms with van der Waals surface area (Å²) in [6.45, 7) is 0.753. The highest BCUT2D eigenvalue weighted by Crippen LogP contribution is 2.39. The van der Waals surface area contributed by atoms with Gasteiger partial charge in [-0.15, -0.1) is 0 Å². The number of hydrogen-bond donors (Lipinski definition) is 0. The van der Waals surface area contributed by atoms with Crippen LogP contribution in [0.3, 0.4) is 0 Å². The summed E-state index contributed by atoms with van der Waals surface area (Å²) in [5.41, 5.74) is 2.00. The summed E-state index contributed by atoms with van der Waals surface area (Å²) in [7, 11) is 6.24. The predicted octanol–water partition coefficient (Wildman–Crippen LogP) is 5.52. The molecule has 0 atom stereocenters. The van der Waals surface area contributed by atoms with Crippen molar-refractivity contribution in [1.82, 2.24) is 9.80 Å². The monoisotopic (exact) mass is 587 g/mol. The lowest BCUT2D eigenvalue weighted by Crippen LogP contribution is -2.49. The highest BCUT2D eigenvalue weighted by Gasteiger charge is 2.56. The quantitative estimate of drug-likeness (QED) is 0.242. The van der Waals surface area contributed by atoms with Crippen LogP contribution in [0.2, 0.25) is 0 Å². The summed E-state index contributed by atoms with van der Waals surface area (Å²) in [4.78, 5) is 30.2. The van der Waals surface area contributed by atoms with E-state index in [0.29, 0.717) is 30.9 Å². The first-order valence-electron chi connectivity index (χ1n) is 12.9. The van der Waals surface area contributed by atoms with Crippen LogP contribution in [0.4, 0.5) is 32.4 Å². The van der Waals surface area contributed by atoms with Gasteiger partial charge in [0.25, 0.3) is 0 Å². The summed E-state index contributed by atoms with van der Waals surface area (Å²) in [6, 6.07) is 9.82. The topological polar surface area (TPSA) is 71.6 Å². The van der Waals surface area contributed by atoms with Crippen molar-refractivity contribution in [3.8, 4) is 17.2 Å². The maximum absolute atomic E-state index is 13.4. The van der Waals surface area contributed by atoms with Crippen molar-refractivity contribution in [3.63, 3.8) is 0 Å². The molecule has 0 aromatic heterocycles. The molecule has 13 heteroatoms. The van der Waals surface area contributed by atoms with E-state index in [9.17, 15) is 31.5 Å². The third kappa shape index (κ3) is 7.92. The first-order chi connectivity index (χ1) is 19.3. The van der Waals surface area contributed by atoms with Crippen LogP contribution >= 0.6 is 0 Å². The highest BCUT2D eigenvalue weighted by molar-refractivity contribution is 5.93. The molecule has 1 fully saturated rings. The number of urea groups is 1. The summed E-state index contributed by atoms with van der Waals surface area (Å²) in [6.07, 6.45) is -6.71. The molecule has 1 heterocycles. The Morgan fingerprint density at radius 1 is 0.951 bits per heavy atom. The molecule has 41 heavy (non-hydrogen) atoms. The molecule has 1 saturated heterocycles. The molecule has 0 radical (unpaired) electrons. The van der Waals surface area contributed by atoms with Gasteiger partial charge in [0.05, 0.1) is 33.8 Å². The second-order valence-electron chi connectivity index (χ2n) is 9.81. The summed E-state index contributed by atoms with van der Waals surface area (Å²) in [5.74, 6) is -3.94. The van der Waals surface area contributed by atoms with Gasteiger partial charge in [-0.25, -0.2) is 4.79 Å². The second kappa shape index (κ2) is 13.3. The Bertz CT molecular complexity index is 1220. The average molecular weight is 588 g/mol.